The molecule has 0 radical (unpaired) electrons. The summed E-state index contributed by atoms with van der Waals surface area (Å²) in [4.78, 5) is 37.6. The Morgan fingerprint density at radius 3 is 2.68 bits per heavy atom. The smallest absolute Gasteiger partial charge is 0.243 e. The first-order valence-corrected chi connectivity index (χ1v) is 11.7. The number of hydrogen-bond donors (Lipinski definition) is 2. The Kier molecular flexibility index (Phi) is 7.17. The zero-order chi connectivity index (χ0) is 22.7. The quantitative estimate of drug-likeness (QED) is 0.410. The van der Waals surface area contributed by atoms with E-state index in [2.05, 4.69) is 15.3 Å². The Hall–Kier alpha value is -2.65. The molecule has 9 heteroatoms. The molecule has 0 spiro atoms. The summed E-state index contributed by atoms with van der Waals surface area (Å²) in [6.07, 6.45) is 0.815. The van der Waals surface area contributed by atoms with Crippen LogP contribution in [0.15, 0.2) is 29.4 Å². The Morgan fingerprint density at radius 1 is 1.26 bits per heavy atom. The van der Waals surface area contributed by atoms with Crippen LogP contribution in [-0.4, -0.2) is 45.5 Å². The Bertz CT molecular complexity index is 1130. The third-order valence-corrected chi connectivity index (χ3v) is 7.15. The minimum absolute atomic E-state index is 0.0346. The number of nitrogens with zero attached hydrogens (tertiary/aromatic N) is 3. The van der Waals surface area contributed by atoms with Crippen molar-refractivity contribution in [1.29, 1.82) is 0 Å². The van der Waals surface area contributed by atoms with Crippen LogP contribution in [0.1, 0.15) is 29.9 Å². The average Bonchev–Trinajstić information content (AvgIpc) is 3.01. The number of likely N-dealkylation sites (N-methyl/N-ethyl adjacent to an activating group) is 1. The number of carbonyl (C=O) groups is 2. The number of amides is 2. The molecule has 1 atom stereocenters. The van der Waals surface area contributed by atoms with Gasteiger partial charge >= 0.3 is 0 Å². The number of carbonyl (C=O) groups excluding carboxylic acids is 2. The SMILES string of the molecule is CCc1ccccc1NC(=O)CN(C)C(=O)C(C)Sc1nc(N)c2c(C)c(C)sc2n1. The third-order valence-electron chi connectivity index (χ3n) is 5.10. The number of aryl methyl sites for hydroxylation is 3. The molecule has 31 heavy (non-hydrogen) atoms. The van der Waals surface area contributed by atoms with Gasteiger partial charge in [0.05, 0.1) is 17.2 Å². The lowest BCUT2D eigenvalue weighted by Gasteiger charge is -2.20. The van der Waals surface area contributed by atoms with Gasteiger partial charge in [0.25, 0.3) is 0 Å². The summed E-state index contributed by atoms with van der Waals surface area (Å²) in [7, 11) is 1.62. The Labute approximate surface area is 190 Å². The molecule has 1 unspecified atom stereocenters. The van der Waals surface area contributed by atoms with E-state index >= 15 is 0 Å². The number of para-hydroxylation sites is 1. The zero-order valence-electron chi connectivity index (χ0n) is 18.4. The van der Waals surface area contributed by atoms with Crippen LogP contribution in [0.3, 0.4) is 0 Å². The summed E-state index contributed by atoms with van der Waals surface area (Å²) in [5, 5.41) is 3.77. The fraction of sp³-hybridized carbons (Fsp3) is 0.364. The van der Waals surface area contributed by atoms with Crippen molar-refractivity contribution in [3.05, 3.63) is 40.3 Å². The molecule has 3 rings (SSSR count). The van der Waals surface area contributed by atoms with Crippen molar-refractivity contribution in [2.45, 2.75) is 44.5 Å². The number of hydrogen-bond acceptors (Lipinski definition) is 7. The largest absolute Gasteiger partial charge is 0.383 e. The summed E-state index contributed by atoms with van der Waals surface area (Å²) < 4.78 is 0. The van der Waals surface area contributed by atoms with Crippen molar-refractivity contribution >= 4 is 56.6 Å². The lowest BCUT2D eigenvalue weighted by molar-refractivity contribution is -0.132. The number of rotatable bonds is 7. The van der Waals surface area contributed by atoms with Crippen molar-refractivity contribution in [2.75, 3.05) is 24.6 Å². The van der Waals surface area contributed by atoms with E-state index in [-0.39, 0.29) is 18.4 Å². The maximum absolute atomic E-state index is 12.8. The van der Waals surface area contributed by atoms with Gasteiger partial charge in [0.2, 0.25) is 11.8 Å². The summed E-state index contributed by atoms with van der Waals surface area (Å²) in [6.45, 7) is 7.81. The topological polar surface area (TPSA) is 101 Å². The molecule has 0 bridgehead atoms. The van der Waals surface area contributed by atoms with E-state index in [4.69, 9.17) is 5.73 Å². The van der Waals surface area contributed by atoms with E-state index in [9.17, 15) is 9.59 Å². The van der Waals surface area contributed by atoms with Crippen LogP contribution in [-0.2, 0) is 16.0 Å². The van der Waals surface area contributed by atoms with Gasteiger partial charge in [0.1, 0.15) is 10.6 Å². The van der Waals surface area contributed by atoms with Gasteiger partial charge < -0.3 is 16.0 Å². The molecule has 2 aromatic heterocycles. The summed E-state index contributed by atoms with van der Waals surface area (Å²) in [6, 6.07) is 7.65. The molecule has 0 aliphatic carbocycles. The molecule has 0 aliphatic heterocycles. The third kappa shape index (κ3) is 5.16. The number of aromatic nitrogens is 2. The van der Waals surface area contributed by atoms with Gasteiger partial charge in [-0.15, -0.1) is 11.3 Å². The second-order valence-corrected chi connectivity index (χ2v) is 9.88. The minimum Gasteiger partial charge on any atom is -0.383 e. The van der Waals surface area contributed by atoms with Crippen LogP contribution in [0.2, 0.25) is 0 Å². The molecule has 0 saturated carbocycles. The van der Waals surface area contributed by atoms with Crippen molar-refractivity contribution in [3.8, 4) is 0 Å². The number of nitrogen functional groups attached to an aromatic ring is 1. The maximum atomic E-state index is 12.8. The molecular weight excluding hydrogens is 430 g/mol. The minimum atomic E-state index is -0.459. The molecule has 3 N–H and O–H groups in total. The number of nitrogens with one attached hydrogen (secondary N) is 1. The van der Waals surface area contributed by atoms with E-state index in [1.807, 2.05) is 45.0 Å². The van der Waals surface area contributed by atoms with E-state index in [0.29, 0.717) is 11.0 Å². The average molecular weight is 458 g/mol. The molecule has 3 aromatic rings. The fourth-order valence-electron chi connectivity index (χ4n) is 3.27. The number of thiophene rings is 1. The highest BCUT2D eigenvalue weighted by Crippen LogP contribution is 2.34. The first kappa shape index (κ1) is 23.0. The molecule has 0 saturated heterocycles. The molecule has 7 nitrogen and oxygen atoms in total. The van der Waals surface area contributed by atoms with Gasteiger partial charge in [0, 0.05) is 17.6 Å². The first-order valence-electron chi connectivity index (χ1n) is 10.0. The van der Waals surface area contributed by atoms with E-state index in [0.717, 1.165) is 38.3 Å². The monoisotopic (exact) mass is 457 g/mol. The molecule has 164 valence electrons. The zero-order valence-corrected chi connectivity index (χ0v) is 20.0. The predicted octanol–water partition coefficient (Wildman–Crippen LogP) is 4.03. The van der Waals surface area contributed by atoms with Gasteiger partial charge in [-0.1, -0.05) is 36.9 Å². The highest BCUT2D eigenvalue weighted by atomic mass is 32.2. The number of anilines is 2. The highest BCUT2D eigenvalue weighted by Gasteiger charge is 2.23. The summed E-state index contributed by atoms with van der Waals surface area (Å²) in [5.74, 6) is 0.0152. The number of nitrogens with two attached hydrogens (primary N) is 1. The lowest BCUT2D eigenvalue weighted by atomic mass is 10.1. The maximum Gasteiger partial charge on any atom is 0.243 e. The van der Waals surface area contributed by atoms with Crippen molar-refractivity contribution in [3.63, 3.8) is 0 Å². The molecule has 0 fully saturated rings. The van der Waals surface area contributed by atoms with Crippen LogP contribution >= 0.6 is 23.1 Å². The van der Waals surface area contributed by atoms with E-state index in [1.54, 1.807) is 25.3 Å². The summed E-state index contributed by atoms with van der Waals surface area (Å²) >= 11 is 2.81. The van der Waals surface area contributed by atoms with Gasteiger partial charge in [-0.05, 0) is 44.4 Å². The number of benzene rings is 1. The van der Waals surface area contributed by atoms with E-state index in [1.165, 1.54) is 16.7 Å². The van der Waals surface area contributed by atoms with Crippen LogP contribution in [0.25, 0.3) is 10.2 Å². The van der Waals surface area contributed by atoms with Crippen LogP contribution < -0.4 is 11.1 Å². The van der Waals surface area contributed by atoms with Crippen molar-refractivity contribution in [2.24, 2.45) is 0 Å². The molecular formula is C22H27N5O2S2. The second kappa shape index (κ2) is 9.65. The Balaban J connectivity index is 1.64. The Morgan fingerprint density at radius 2 is 1.97 bits per heavy atom. The summed E-state index contributed by atoms with van der Waals surface area (Å²) in [5.41, 5.74) is 9.06. The molecule has 2 amide bonds. The van der Waals surface area contributed by atoms with Crippen LogP contribution in [0.5, 0.6) is 0 Å². The molecule has 1 aromatic carbocycles. The highest BCUT2D eigenvalue weighted by molar-refractivity contribution is 8.00. The van der Waals surface area contributed by atoms with Gasteiger partial charge in [-0.25, -0.2) is 9.97 Å². The first-order chi connectivity index (χ1) is 14.7. The van der Waals surface area contributed by atoms with Crippen LogP contribution in [0, 0.1) is 13.8 Å². The molecule has 2 heterocycles. The molecule has 0 aliphatic rings. The van der Waals surface area contributed by atoms with Gasteiger partial charge in [-0.3, -0.25) is 9.59 Å². The number of thioether (sulfide) groups is 1. The second-order valence-electron chi connectivity index (χ2n) is 7.37. The van der Waals surface area contributed by atoms with Crippen molar-refractivity contribution in [1.82, 2.24) is 14.9 Å². The number of fused-ring (bicyclic) bond motifs is 1. The predicted molar refractivity (Wildman–Crippen MR) is 129 cm³/mol. The standard InChI is InChI=1S/C22H27N5O2S2/c1-6-15-9-7-8-10-16(15)24-17(28)11-27(5)21(29)14(4)31-22-25-19(23)18-12(2)13(3)30-20(18)26-22/h7-10,14H,6,11H2,1-5H3,(H,24,28)(H2,23,25,26). The lowest BCUT2D eigenvalue weighted by Crippen LogP contribution is -2.39. The van der Waals surface area contributed by atoms with Gasteiger partial charge in [-0.2, -0.15) is 0 Å². The van der Waals surface area contributed by atoms with Crippen LogP contribution in [0.4, 0.5) is 11.5 Å². The van der Waals surface area contributed by atoms with Crippen molar-refractivity contribution < 1.29 is 9.59 Å². The fourth-order valence-corrected chi connectivity index (χ4v) is 5.25. The normalized spacial score (nSPS) is 12.0. The van der Waals surface area contributed by atoms with Gasteiger partial charge in [0.15, 0.2) is 5.16 Å². The van der Waals surface area contributed by atoms with E-state index < -0.39 is 5.25 Å².